The number of rotatable bonds is 3. The van der Waals surface area contributed by atoms with Crippen molar-refractivity contribution >= 4 is 23.3 Å². The Balaban J connectivity index is 2.13. The lowest BCUT2D eigenvalue weighted by molar-refractivity contribution is -0.385. The van der Waals surface area contributed by atoms with Gasteiger partial charge in [-0.1, -0.05) is 11.6 Å². The first-order chi connectivity index (χ1) is 9.86. The fourth-order valence-corrected chi connectivity index (χ4v) is 2.52. The molecule has 0 aromatic carbocycles. The molecule has 2 rings (SSSR count). The summed E-state index contributed by atoms with van der Waals surface area (Å²) in [4.78, 5) is 25.8. The molecule has 1 fully saturated rings. The molecule has 1 aromatic heterocycles. The third kappa shape index (κ3) is 3.89. The van der Waals surface area contributed by atoms with Gasteiger partial charge in [-0.15, -0.1) is 0 Å². The molecule has 0 N–H and O–H groups in total. The predicted molar refractivity (Wildman–Crippen MR) is 74.3 cm³/mol. The highest BCUT2D eigenvalue weighted by Gasteiger charge is 2.29. The minimum atomic E-state index is -0.706. The van der Waals surface area contributed by atoms with Crippen molar-refractivity contribution in [1.29, 1.82) is 0 Å². The van der Waals surface area contributed by atoms with E-state index in [1.807, 2.05) is 13.8 Å². The zero-order valence-electron chi connectivity index (χ0n) is 11.6. The molecule has 2 unspecified atom stereocenters. The molecule has 0 bridgehead atoms. The van der Waals surface area contributed by atoms with Crippen LogP contribution in [0.3, 0.4) is 0 Å². The molecule has 0 amide bonds. The van der Waals surface area contributed by atoms with Crippen molar-refractivity contribution in [2.45, 2.75) is 45.0 Å². The van der Waals surface area contributed by atoms with E-state index in [1.165, 1.54) is 0 Å². The number of carbonyl (C=O) groups excluding carboxylic acids is 1. The SMILES string of the molecule is CC1CC(OC(=O)c2cc([N+](=O)[O-])cnc2Cl)CC(C)O1. The van der Waals surface area contributed by atoms with Gasteiger partial charge in [-0.3, -0.25) is 10.1 Å². The summed E-state index contributed by atoms with van der Waals surface area (Å²) in [6.07, 6.45) is 1.84. The van der Waals surface area contributed by atoms with E-state index in [0.29, 0.717) is 12.8 Å². The molecule has 7 nitrogen and oxygen atoms in total. The van der Waals surface area contributed by atoms with Gasteiger partial charge in [-0.2, -0.15) is 0 Å². The Bertz CT molecular complexity index is 555. The third-order valence-corrected chi connectivity index (χ3v) is 3.48. The maximum Gasteiger partial charge on any atom is 0.341 e. The average molecular weight is 315 g/mol. The van der Waals surface area contributed by atoms with Crippen LogP contribution in [0.15, 0.2) is 12.3 Å². The number of pyridine rings is 1. The van der Waals surface area contributed by atoms with Crippen molar-refractivity contribution in [3.8, 4) is 0 Å². The number of carbonyl (C=O) groups is 1. The topological polar surface area (TPSA) is 91.6 Å². The second-order valence-corrected chi connectivity index (χ2v) is 5.40. The minimum absolute atomic E-state index is 0.00902. The smallest absolute Gasteiger partial charge is 0.341 e. The van der Waals surface area contributed by atoms with Crippen molar-refractivity contribution in [2.75, 3.05) is 0 Å². The lowest BCUT2D eigenvalue weighted by Crippen LogP contribution is -2.35. The van der Waals surface area contributed by atoms with Crippen molar-refractivity contribution in [3.05, 3.63) is 33.1 Å². The van der Waals surface area contributed by atoms with Gasteiger partial charge in [0.15, 0.2) is 0 Å². The highest BCUT2D eigenvalue weighted by Crippen LogP contribution is 2.25. The van der Waals surface area contributed by atoms with Gasteiger partial charge in [0.1, 0.15) is 23.0 Å². The molecule has 21 heavy (non-hydrogen) atoms. The number of hydrogen-bond donors (Lipinski definition) is 0. The van der Waals surface area contributed by atoms with Crippen molar-refractivity contribution in [2.24, 2.45) is 0 Å². The molecular formula is C13H15ClN2O5. The van der Waals surface area contributed by atoms with Crippen LogP contribution in [0, 0.1) is 10.1 Å². The summed E-state index contributed by atoms with van der Waals surface area (Å²) in [7, 11) is 0. The standard InChI is InChI=1S/C13H15ClN2O5/c1-7-3-10(4-8(2)20-7)21-13(17)11-5-9(16(18)19)6-15-12(11)14/h5-8,10H,3-4H2,1-2H3. The minimum Gasteiger partial charge on any atom is -0.458 e. The fraction of sp³-hybridized carbons (Fsp3) is 0.538. The Labute approximate surface area is 126 Å². The van der Waals surface area contributed by atoms with Gasteiger partial charge < -0.3 is 9.47 Å². The molecule has 1 saturated heterocycles. The van der Waals surface area contributed by atoms with E-state index >= 15 is 0 Å². The number of halogens is 1. The van der Waals surface area contributed by atoms with E-state index < -0.39 is 10.9 Å². The largest absolute Gasteiger partial charge is 0.458 e. The van der Waals surface area contributed by atoms with Gasteiger partial charge in [-0.05, 0) is 13.8 Å². The first kappa shape index (κ1) is 15.7. The monoisotopic (exact) mass is 314 g/mol. The van der Waals surface area contributed by atoms with Crippen LogP contribution in [-0.2, 0) is 9.47 Å². The van der Waals surface area contributed by atoms with Crippen molar-refractivity contribution in [3.63, 3.8) is 0 Å². The number of esters is 1. The molecule has 0 aliphatic carbocycles. The lowest BCUT2D eigenvalue weighted by Gasteiger charge is -2.31. The van der Waals surface area contributed by atoms with E-state index in [2.05, 4.69) is 4.98 Å². The van der Waals surface area contributed by atoms with Crippen molar-refractivity contribution < 1.29 is 19.2 Å². The summed E-state index contributed by atoms with van der Waals surface area (Å²) in [5.74, 6) is -0.706. The second kappa shape index (κ2) is 6.36. The number of nitrogens with zero attached hydrogens (tertiary/aromatic N) is 2. The van der Waals surface area contributed by atoms with E-state index in [1.54, 1.807) is 0 Å². The Kier molecular flexibility index (Phi) is 4.74. The zero-order valence-corrected chi connectivity index (χ0v) is 12.4. The molecule has 0 saturated carbocycles. The van der Waals surface area contributed by atoms with Crippen molar-refractivity contribution in [1.82, 2.24) is 4.98 Å². The number of hydrogen-bond acceptors (Lipinski definition) is 6. The fourth-order valence-electron chi connectivity index (χ4n) is 2.34. The summed E-state index contributed by atoms with van der Waals surface area (Å²) >= 11 is 5.81. The van der Waals surface area contributed by atoms with Crippen LogP contribution in [0.1, 0.15) is 37.0 Å². The van der Waals surface area contributed by atoms with Crippen LogP contribution >= 0.6 is 11.6 Å². The second-order valence-electron chi connectivity index (χ2n) is 5.05. The molecule has 2 atom stereocenters. The number of nitro groups is 1. The van der Waals surface area contributed by atoms with Gasteiger partial charge in [0.05, 0.1) is 17.1 Å². The van der Waals surface area contributed by atoms with Gasteiger partial charge >= 0.3 is 5.97 Å². The highest BCUT2D eigenvalue weighted by atomic mass is 35.5. The molecule has 1 aliphatic rings. The molecule has 2 heterocycles. The maximum absolute atomic E-state index is 12.1. The summed E-state index contributed by atoms with van der Waals surface area (Å²) in [6, 6.07) is 1.07. The number of aromatic nitrogens is 1. The van der Waals surface area contributed by atoms with E-state index in [4.69, 9.17) is 21.1 Å². The first-order valence-electron chi connectivity index (χ1n) is 6.53. The third-order valence-electron chi connectivity index (χ3n) is 3.18. The van der Waals surface area contributed by atoms with Crippen LogP contribution in [-0.4, -0.2) is 34.2 Å². The van der Waals surface area contributed by atoms with E-state index in [-0.39, 0.29) is 34.7 Å². The van der Waals surface area contributed by atoms with Crippen LogP contribution in [0.5, 0.6) is 0 Å². The van der Waals surface area contributed by atoms with Crippen LogP contribution < -0.4 is 0 Å². The summed E-state index contributed by atoms with van der Waals surface area (Å²) in [5, 5.41) is 10.6. The van der Waals surface area contributed by atoms with Gasteiger partial charge in [0.25, 0.3) is 5.69 Å². The molecule has 8 heteroatoms. The lowest BCUT2D eigenvalue weighted by atomic mass is 10.0. The Morgan fingerprint density at radius 3 is 2.67 bits per heavy atom. The zero-order chi connectivity index (χ0) is 15.6. The average Bonchev–Trinajstić information content (AvgIpc) is 2.37. The molecule has 0 radical (unpaired) electrons. The van der Waals surface area contributed by atoms with E-state index in [9.17, 15) is 14.9 Å². The predicted octanol–water partition coefficient (Wildman–Crippen LogP) is 2.76. The first-order valence-corrected chi connectivity index (χ1v) is 6.91. The van der Waals surface area contributed by atoms with Crippen LogP contribution in [0.2, 0.25) is 5.15 Å². The Morgan fingerprint density at radius 2 is 2.10 bits per heavy atom. The number of ether oxygens (including phenoxy) is 2. The quantitative estimate of drug-likeness (QED) is 0.369. The van der Waals surface area contributed by atoms with Gasteiger partial charge in [0, 0.05) is 18.9 Å². The summed E-state index contributed by atoms with van der Waals surface area (Å²) < 4.78 is 10.9. The van der Waals surface area contributed by atoms with Gasteiger partial charge in [-0.25, -0.2) is 9.78 Å². The van der Waals surface area contributed by atoms with E-state index in [0.717, 1.165) is 12.3 Å². The Morgan fingerprint density at radius 1 is 1.48 bits per heavy atom. The normalized spacial score (nSPS) is 25.4. The summed E-state index contributed by atoms with van der Waals surface area (Å²) in [6.45, 7) is 3.80. The van der Waals surface area contributed by atoms with Gasteiger partial charge in [0.2, 0.25) is 0 Å². The molecule has 1 aliphatic heterocycles. The molecular weight excluding hydrogens is 300 g/mol. The molecule has 114 valence electrons. The molecule has 0 spiro atoms. The van der Waals surface area contributed by atoms with Crippen LogP contribution in [0.25, 0.3) is 0 Å². The maximum atomic E-state index is 12.1. The van der Waals surface area contributed by atoms with Crippen LogP contribution in [0.4, 0.5) is 5.69 Å². The highest BCUT2D eigenvalue weighted by molar-refractivity contribution is 6.32. The summed E-state index contributed by atoms with van der Waals surface area (Å²) in [5.41, 5.74) is -0.405. The Hall–Kier alpha value is -1.73. The molecule has 1 aromatic rings.